The minimum atomic E-state index is -3.65. The third-order valence-electron chi connectivity index (χ3n) is 5.59. The average molecular weight is 485 g/mol. The van der Waals surface area contributed by atoms with Crippen molar-refractivity contribution in [1.82, 2.24) is 8.87 Å². The lowest BCUT2D eigenvalue weighted by atomic mass is 10.2. The Bertz CT molecular complexity index is 1430. The number of aromatic nitrogens is 1. The van der Waals surface area contributed by atoms with Gasteiger partial charge >= 0.3 is 5.76 Å². The van der Waals surface area contributed by atoms with E-state index in [1.54, 1.807) is 12.1 Å². The maximum atomic E-state index is 12.8. The van der Waals surface area contributed by atoms with Crippen LogP contribution in [0.4, 0.5) is 5.69 Å². The van der Waals surface area contributed by atoms with Crippen LogP contribution < -0.4 is 15.8 Å². The number of hydrogen-bond acceptors (Lipinski definition) is 7. The molecule has 1 N–H and O–H groups in total. The molecular formula is C23H24N4O6S. The third kappa shape index (κ3) is 4.69. The zero-order valence-corrected chi connectivity index (χ0v) is 19.4. The summed E-state index contributed by atoms with van der Waals surface area (Å²) in [7, 11) is -3.65. The van der Waals surface area contributed by atoms with Crippen molar-refractivity contribution in [2.75, 3.05) is 25.0 Å². The first-order valence-electron chi connectivity index (χ1n) is 10.9. The van der Waals surface area contributed by atoms with Crippen LogP contribution in [0.1, 0.15) is 31.7 Å². The van der Waals surface area contributed by atoms with E-state index in [0.29, 0.717) is 42.2 Å². The van der Waals surface area contributed by atoms with Gasteiger partial charge in [0.15, 0.2) is 5.58 Å². The molecule has 1 aliphatic rings. The predicted molar refractivity (Wildman–Crippen MR) is 124 cm³/mol. The minimum Gasteiger partial charge on any atom is -0.492 e. The summed E-state index contributed by atoms with van der Waals surface area (Å²) in [6.07, 6.45) is 1.59. The Morgan fingerprint density at radius 2 is 1.97 bits per heavy atom. The van der Waals surface area contributed by atoms with E-state index in [1.165, 1.54) is 33.1 Å². The number of nitrogens with zero attached hydrogens (tertiary/aromatic N) is 3. The normalized spacial score (nSPS) is 14.2. The molecule has 0 saturated carbocycles. The molecule has 0 aliphatic carbocycles. The molecule has 1 aromatic heterocycles. The smallest absolute Gasteiger partial charge is 0.419 e. The van der Waals surface area contributed by atoms with Crippen molar-refractivity contribution < 1.29 is 22.4 Å². The van der Waals surface area contributed by atoms with Crippen LogP contribution in [0.15, 0.2) is 50.5 Å². The van der Waals surface area contributed by atoms with Gasteiger partial charge in [0.1, 0.15) is 5.75 Å². The van der Waals surface area contributed by atoms with E-state index in [0.717, 1.165) is 12.8 Å². The number of rotatable bonds is 8. The van der Waals surface area contributed by atoms with E-state index in [2.05, 4.69) is 5.32 Å². The summed E-state index contributed by atoms with van der Waals surface area (Å²) in [6, 6.07) is 11.1. The Morgan fingerprint density at radius 1 is 1.21 bits per heavy atom. The maximum Gasteiger partial charge on any atom is 0.419 e. The number of carbonyl (C=O) groups is 1. The number of nitriles is 1. The molecule has 2 heterocycles. The molecule has 34 heavy (non-hydrogen) atoms. The largest absolute Gasteiger partial charge is 0.492 e. The molecule has 1 amide bonds. The number of nitrogens with one attached hydrogen (secondary N) is 1. The summed E-state index contributed by atoms with van der Waals surface area (Å²) in [4.78, 5) is 25.0. The quantitative estimate of drug-likeness (QED) is 0.519. The number of benzene rings is 2. The first-order chi connectivity index (χ1) is 16.3. The van der Waals surface area contributed by atoms with Gasteiger partial charge in [-0.15, -0.1) is 0 Å². The number of fused-ring (bicyclic) bond motifs is 1. The average Bonchev–Trinajstić information content (AvgIpc) is 3.47. The van der Waals surface area contributed by atoms with E-state index < -0.39 is 15.8 Å². The van der Waals surface area contributed by atoms with E-state index in [4.69, 9.17) is 14.4 Å². The fourth-order valence-electron chi connectivity index (χ4n) is 3.90. The number of hydrogen-bond donors (Lipinski definition) is 1. The van der Waals surface area contributed by atoms with Crippen molar-refractivity contribution in [2.24, 2.45) is 0 Å². The number of aryl methyl sites for hydroxylation is 1. The van der Waals surface area contributed by atoms with Crippen molar-refractivity contribution in [2.45, 2.75) is 37.6 Å². The Hall–Kier alpha value is -3.62. The molecule has 0 spiro atoms. The lowest BCUT2D eigenvalue weighted by Crippen LogP contribution is -2.27. The van der Waals surface area contributed by atoms with Crippen LogP contribution in [0.3, 0.4) is 0 Å². The molecule has 1 fully saturated rings. The van der Waals surface area contributed by atoms with Gasteiger partial charge in [0, 0.05) is 32.1 Å². The van der Waals surface area contributed by atoms with Crippen LogP contribution in [-0.4, -0.2) is 42.9 Å². The number of anilines is 1. The van der Waals surface area contributed by atoms with Crippen LogP contribution in [0.2, 0.25) is 0 Å². The number of oxazole rings is 1. The van der Waals surface area contributed by atoms with E-state index >= 15 is 0 Å². The van der Waals surface area contributed by atoms with Gasteiger partial charge in [0.05, 0.1) is 34.3 Å². The molecule has 1 saturated heterocycles. The van der Waals surface area contributed by atoms with Crippen molar-refractivity contribution in [3.63, 3.8) is 0 Å². The zero-order chi connectivity index (χ0) is 24.3. The van der Waals surface area contributed by atoms with Gasteiger partial charge in [0.25, 0.3) is 0 Å². The standard InChI is InChI=1S/C23H24N4O6S/c1-2-32-20-8-5-16(15-24)13-18(20)25-22(28)9-12-27-19-7-6-17(14-21(19)33-23(27)29)34(30,31)26-10-3-4-11-26/h5-8,13-14H,2-4,9-12H2,1H3,(H,25,28). The fourth-order valence-corrected chi connectivity index (χ4v) is 5.43. The van der Waals surface area contributed by atoms with Crippen LogP contribution in [0.5, 0.6) is 5.75 Å². The summed E-state index contributed by atoms with van der Waals surface area (Å²) in [5.74, 6) is -0.627. The number of carbonyl (C=O) groups excluding carboxylic acids is 1. The van der Waals surface area contributed by atoms with Crippen molar-refractivity contribution in [1.29, 1.82) is 5.26 Å². The van der Waals surface area contributed by atoms with Gasteiger partial charge in [0.2, 0.25) is 15.9 Å². The van der Waals surface area contributed by atoms with Crippen molar-refractivity contribution >= 4 is 32.7 Å². The highest BCUT2D eigenvalue weighted by molar-refractivity contribution is 7.89. The molecule has 0 unspecified atom stereocenters. The zero-order valence-electron chi connectivity index (χ0n) is 18.6. The second kappa shape index (κ2) is 9.70. The number of ether oxygens (including phenoxy) is 1. The topological polar surface area (TPSA) is 135 Å². The molecule has 10 nitrogen and oxygen atoms in total. The predicted octanol–water partition coefficient (Wildman–Crippen LogP) is 2.68. The first-order valence-corrected chi connectivity index (χ1v) is 12.4. The van der Waals surface area contributed by atoms with Gasteiger partial charge in [-0.1, -0.05) is 0 Å². The summed E-state index contributed by atoms with van der Waals surface area (Å²) in [6.45, 7) is 3.17. The molecule has 11 heteroatoms. The molecule has 1 aliphatic heterocycles. The van der Waals surface area contributed by atoms with Gasteiger partial charge in [-0.2, -0.15) is 9.57 Å². The number of sulfonamides is 1. The second-order valence-corrected chi connectivity index (χ2v) is 9.75. The molecule has 4 rings (SSSR count). The molecule has 178 valence electrons. The Labute approximate surface area is 196 Å². The van der Waals surface area contributed by atoms with Crippen LogP contribution in [0, 0.1) is 11.3 Å². The van der Waals surface area contributed by atoms with Crippen molar-refractivity contribution in [3.8, 4) is 11.8 Å². The fraction of sp³-hybridized carbons (Fsp3) is 0.348. The Balaban J connectivity index is 1.51. The number of amides is 1. The second-order valence-electron chi connectivity index (χ2n) is 7.81. The summed E-state index contributed by atoms with van der Waals surface area (Å²) < 4.78 is 39.1. The van der Waals surface area contributed by atoms with Gasteiger partial charge < -0.3 is 14.5 Å². The highest BCUT2D eigenvalue weighted by Gasteiger charge is 2.28. The van der Waals surface area contributed by atoms with E-state index in [-0.39, 0.29) is 29.4 Å². The van der Waals surface area contributed by atoms with Crippen LogP contribution in [0.25, 0.3) is 11.1 Å². The highest BCUT2D eigenvalue weighted by Crippen LogP contribution is 2.27. The molecule has 2 aromatic carbocycles. The summed E-state index contributed by atoms with van der Waals surface area (Å²) in [5.41, 5.74) is 1.29. The first kappa shape index (κ1) is 23.5. The van der Waals surface area contributed by atoms with Crippen LogP contribution >= 0.6 is 0 Å². The lowest BCUT2D eigenvalue weighted by Gasteiger charge is -2.15. The molecule has 3 aromatic rings. The van der Waals surface area contributed by atoms with Crippen LogP contribution in [-0.2, 0) is 21.4 Å². The highest BCUT2D eigenvalue weighted by atomic mass is 32.2. The van der Waals surface area contributed by atoms with E-state index in [1.807, 2.05) is 13.0 Å². The Morgan fingerprint density at radius 3 is 2.68 bits per heavy atom. The van der Waals surface area contributed by atoms with Crippen molar-refractivity contribution in [3.05, 3.63) is 52.5 Å². The molecule has 0 bridgehead atoms. The van der Waals surface area contributed by atoms with Gasteiger partial charge in [-0.05, 0) is 50.1 Å². The SMILES string of the molecule is CCOc1ccc(C#N)cc1NC(=O)CCn1c(=O)oc2cc(S(=O)(=O)N3CCCC3)ccc21. The summed E-state index contributed by atoms with van der Waals surface area (Å²) in [5, 5.41) is 11.8. The van der Waals surface area contributed by atoms with Gasteiger partial charge in [-0.25, -0.2) is 13.2 Å². The summed E-state index contributed by atoms with van der Waals surface area (Å²) >= 11 is 0. The minimum absolute atomic E-state index is 0.0256. The van der Waals surface area contributed by atoms with Gasteiger partial charge in [-0.3, -0.25) is 9.36 Å². The third-order valence-corrected chi connectivity index (χ3v) is 7.48. The Kier molecular flexibility index (Phi) is 6.72. The maximum absolute atomic E-state index is 12.8. The monoisotopic (exact) mass is 484 g/mol. The molecular weight excluding hydrogens is 460 g/mol. The lowest BCUT2D eigenvalue weighted by molar-refractivity contribution is -0.116. The van der Waals surface area contributed by atoms with E-state index in [9.17, 15) is 18.0 Å². The molecule has 0 atom stereocenters. The molecule has 0 radical (unpaired) electrons.